The van der Waals surface area contributed by atoms with Gasteiger partial charge in [-0.25, -0.2) is 18.2 Å². The zero-order valence-corrected chi connectivity index (χ0v) is 17.0. The predicted octanol–water partition coefficient (Wildman–Crippen LogP) is 3.48. The number of hydrogen-bond donors (Lipinski definition) is 1. The maximum Gasteiger partial charge on any atom is 0.264 e. The molecule has 0 bridgehead atoms. The van der Waals surface area contributed by atoms with Gasteiger partial charge < -0.3 is 0 Å². The normalized spacial score (nSPS) is 11.4. The molecule has 0 atom stereocenters. The van der Waals surface area contributed by atoms with E-state index in [0.29, 0.717) is 0 Å². The molecule has 30 heavy (non-hydrogen) atoms. The number of amides is 1. The number of nitrogens with zero attached hydrogens (tertiary/aromatic N) is 2. The molecule has 0 saturated carbocycles. The van der Waals surface area contributed by atoms with Crippen LogP contribution >= 0.6 is 0 Å². The second-order valence-corrected chi connectivity index (χ2v) is 8.34. The molecule has 0 aliphatic carbocycles. The van der Waals surface area contributed by atoms with Gasteiger partial charge >= 0.3 is 0 Å². The minimum atomic E-state index is -4.19. The van der Waals surface area contributed by atoms with E-state index >= 15 is 0 Å². The van der Waals surface area contributed by atoms with Crippen LogP contribution in [0.4, 0.5) is 10.1 Å². The van der Waals surface area contributed by atoms with E-state index in [9.17, 15) is 17.6 Å². The summed E-state index contributed by atoms with van der Waals surface area (Å²) >= 11 is 0. The molecule has 0 radical (unpaired) electrons. The van der Waals surface area contributed by atoms with Crippen LogP contribution in [0.15, 0.2) is 88.9 Å². The highest BCUT2D eigenvalue weighted by atomic mass is 32.2. The summed E-state index contributed by atoms with van der Waals surface area (Å²) in [6.45, 7) is 1.19. The summed E-state index contributed by atoms with van der Waals surface area (Å²) in [5, 5.41) is 3.84. The van der Waals surface area contributed by atoms with Gasteiger partial charge in [-0.3, -0.25) is 9.10 Å². The number of carbonyl (C=O) groups excluding carboxylic acids is 1. The number of para-hydroxylation sites is 1. The Morgan fingerprint density at radius 3 is 2.30 bits per heavy atom. The number of benzene rings is 3. The molecule has 154 valence electrons. The summed E-state index contributed by atoms with van der Waals surface area (Å²) in [6.07, 6.45) is 1.43. The van der Waals surface area contributed by atoms with E-state index in [1.165, 1.54) is 36.5 Å². The van der Waals surface area contributed by atoms with Crippen molar-refractivity contribution in [2.24, 2.45) is 5.10 Å². The molecular formula is C22H20FN3O3S. The van der Waals surface area contributed by atoms with Crippen LogP contribution in [0.3, 0.4) is 0 Å². The Balaban J connectivity index is 1.87. The number of aryl methyl sites for hydroxylation is 1. The summed E-state index contributed by atoms with van der Waals surface area (Å²) in [4.78, 5) is 12.4. The van der Waals surface area contributed by atoms with Crippen molar-refractivity contribution in [1.82, 2.24) is 5.43 Å². The van der Waals surface area contributed by atoms with Gasteiger partial charge in [-0.15, -0.1) is 0 Å². The number of carbonyl (C=O) groups is 1. The third-order valence-corrected chi connectivity index (χ3v) is 5.99. The molecular weight excluding hydrogens is 405 g/mol. The van der Waals surface area contributed by atoms with E-state index < -0.39 is 28.3 Å². The Kier molecular flexibility index (Phi) is 6.58. The van der Waals surface area contributed by atoms with Crippen molar-refractivity contribution in [2.75, 3.05) is 10.8 Å². The second-order valence-electron chi connectivity index (χ2n) is 6.48. The van der Waals surface area contributed by atoms with Gasteiger partial charge in [0.15, 0.2) is 0 Å². The third-order valence-electron chi connectivity index (χ3n) is 4.22. The summed E-state index contributed by atoms with van der Waals surface area (Å²) in [7, 11) is -4.19. The lowest BCUT2D eigenvalue weighted by Gasteiger charge is -2.24. The number of sulfonamides is 1. The highest BCUT2D eigenvalue weighted by molar-refractivity contribution is 7.92. The maximum atomic E-state index is 14.4. The zero-order chi connectivity index (χ0) is 21.6. The van der Waals surface area contributed by atoms with Crippen molar-refractivity contribution < 1.29 is 17.6 Å². The highest BCUT2D eigenvalue weighted by Crippen LogP contribution is 2.26. The fourth-order valence-electron chi connectivity index (χ4n) is 2.67. The largest absolute Gasteiger partial charge is 0.271 e. The van der Waals surface area contributed by atoms with Crippen LogP contribution in [-0.2, 0) is 14.8 Å². The summed E-state index contributed by atoms with van der Waals surface area (Å²) in [6, 6.07) is 20.6. The Labute approximate surface area is 174 Å². The van der Waals surface area contributed by atoms with E-state index in [0.717, 1.165) is 21.5 Å². The van der Waals surface area contributed by atoms with E-state index in [1.54, 1.807) is 24.3 Å². The van der Waals surface area contributed by atoms with Gasteiger partial charge in [-0.05, 0) is 36.8 Å². The van der Waals surface area contributed by atoms with Crippen LogP contribution < -0.4 is 9.73 Å². The first kappa shape index (κ1) is 21.2. The van der Waals surface area contributed by atoms with Crippen LogP contribution in [0.1, 0.15) is 11.1 Å². The van der Waals surface area contributed by atoms with Crippen molar-refractivity contribution in [2.45, 2.75) is 11.8 Å². The molecule has 6 nitrogen and oxygen atoms in total. The molecule has 3 aromatic rings. The topological polar surface area (TPSA) is 78.8 Å². The van der Waals surface area contributed by atoms with Gasteiger partial charge in [0.25, 0.3) is 15.9 Å². The molecule has 8 heteroatoms. The van der Waals surface area contributed by atoms with E-state index in [2.05, 4.69) is 10.5 Å². The number of hydrogen-bond acceptors (Lipinski definition) is 4. The molecule has 0 aromatic heterocycles. The van der Waals surface area contributed by atoms with Gasteiger partial charge in [0.1, 0.15) is 12.4 Å². The minimum absolute atomic E-state index is 0.0445. The van der Waals surface area contributed by atoms with Crippen LogP contribution in [-0.4, -0.2) is 27.1 Å². The van der Waals surface area contributed by atoms with E-state index in [4.69, 9.17) is 0 Å². The van der Waals surface area contributed by atoms with Crippen molar-refractivity contribution in [3.8, 4) is 0 Å². The number of nitrogens with one attached hydrogen (secondary N) is 1. The fraction of sp³-hybridized carbons (Fsp3) is 0.0909. The van der Waals surface area contributed by atoms with E-state index in [-0.39, 0.29) is 10.6 Å². The Morgan fingerprint density at radius 2 is 1.63 bits per heavy atom. The Bertz CT molecular complexity index is 1150. The molecule has 0 spiro atoms. The van der Waals surface area contributed by atoms with Crippen LogP contribution in [0, 0.1) is 12.7 Å². The standard InChI is InChI=1S/C22H20FN3O3S/c1-17-11-13-19(14-12-17)30(28,29)26(21-10-6-5-9-20(21)23)16-22(27)25-24-15-18-7-3-2-4-8-18/h2-15H,16H2,1H3,(H,25,27). The van der Waals surface area contributed by atoms with Crippen molar-refractivity contribution in [1.29, 1.82) is 0 Å². The summed E-state index contributed by atoms with van der Waals surface area (Å²) in [5.41, 5.74) is 3.70. The first-order valence-corrected chi connectivity index (χ1v) is 10.5. The quantitative estimate of drug-likeness (QED) is 0.465. The number of halogens is 1. The summed E-state index contributed by atoms with van der Waals surface area (Å²) in [5.74, 6) is -1.46. The lowest BCUT2D eigenvalue weighted by Crippen LogP contribution is -2.40. The van der Waals surface area contributed by atoms with Gasteiger partial charge in [-0.2, -0.15) is 5.10 Å². The van der Waals surface area contributed by atoms with Crippen molar-refractivity contribution in [3.63, 3.8) is 0 Å². The third kappa shape index (κ3) is 5.09. The molecule has 1 N–H and O–H groups in total. The Hall–Kier alpha value is -3.52. The van der Waals surface area contributed by atoms with Gasteiger partial charge in [-0.1, -0.05) is 60.2 Å². The van der Waals surface area contributed by atoms with Crippen molar-refractivity contribution in [3.05, 3.63) is 95.8 Å². The molecule has 3 aromatic carbocycles. The highest BCUT2D eigenvalue weighted by Gasteiger charge is 2.29. The minimum Gasteiger partial charge on any atom is -0.271 e. The summed E-state index contributed by atoms with van der Waals surface area (Å²) < 4.78 is 41.5. The molecule has 3 rings (SSSR count). The number of rotatable bonds is 7. The molecule has 0 unspecified atom stereocenters. The molecule has 0 aliphatic rings. The molecule has 1 amide bonds. The molecule has 0 aliphatic heterocycles. The first-order chi connectivity index (χ1) is 14.4. The number of hydrazone groups is 1. The second kappa shape index (κ2) is 9.32. The molecule has 0 fully saturated rings. The number of anilines is 1. The van der Waals surface area contributed by atoms with Crippen molar-refractivity contribution >= 4 is 27.8 Å². The lowest BCUT2D eigenvalue weighted by molar-refractivity contribution is -0.119. The Morgan fingerprint density at radius 1 is 1.00 bits per heavy atom. The predicted molar refractivity (Wildman–Crippen MR) is 114 cm³/mol. The fourth-order valence-corrected chi connectivity index (χ4v) is 4.10. The molecule has 0 saturated heterocycles. The van der Waals surface area contributed by atoms with E-state index in [1.807, 2.05) is 25.1 Å². The monoisotopic (exact) mass is 425 g/mol. The van der Waals surface area contributed by atoms with Crippen LogP contribution in [0.5, 0.6) is 0 Å². The average molecular weight is 425 g/mol. The smallest absolute Gasteiger partial charge is 0.264 e. The van der Waals surface area contributed by atoms with Gasteiger partial charge in [0, 0.05) is 0 Å². The SMILES string of the molecule is Cc1ccc(S(=O)(=O)N(CC(=O)NN=Cc2ccccc2)c2ccccc2F)cc1. The average Bonchev–Trinajstić information content (AvgIpc) is 2.74. The molecule has 0 heterocycles. The van der Waals surface area contributed by atoms with Crippen LogP contribution in [0.25, 0.3) is 0 Å². The lowest BCUT2D eigenvalue weighted by atomic mass is 10.2. The zero-order valence-electron chi connectivity index (χ0n) is 16.2. The van der Waals surface area contributed by atoms with Crippen LogP contribution in [0.2, 0.25) is 0 Å². The maximum absolute atomic E-state index is 14.4. The first-order valence-electron chi connectivity index (χ1n) is 9.09. The van der Waals surface area contributed by atoms with Gasteiger partial charge in [0.2, 0.25) is 0 Å². The van der Waals surface area contributed by atoms with Gasteiger partial charge in [0.05, 0.1) is 16.8 Å².